The molecule has 0 spiro atoms. The maximum atomic E-state index is 12.0. The summed E-state index contributed by atoms with van der Waals surface area (Å²) >= 11 is 0. The third kappa shape index (κ3) is 2.55. The molecule has 0 fully saturated rings. The maximum absolute atomic E-state index is 12.0. The number of carbonyl (C=O) groups excluding carboxylic acids is 2. The molecule has 0 radical (unpaired) electrons. The number of carbonyl (C=O) groups is 2. The van der Waals surface area contributed by atoms with E-state index in [-0.39, 0.29) is 11.6 Å². The Morgan fingerprint density at radius 1 is 0.864 bits per heavy atom. The summed E-state index contributed by atoms with van der Waals surface area (Å²) in [5.41, 5.74) is 2.17. The molecule has 0 saturated carbocycles. The Bertz CT molecular complexity index is 846. The second-order valence-corrected chi connectivity index (χ2v) is 4.77. The number of fused-ring (bicyclic) bond motifs is 1. The second kappa shape index (κ2) is 5.71. The van der Waals surface area contributed by atoms with Gasteiger partial charge >= 0.3 is 0 Å². The second-order valence-electron chi connectivity index (χ2n) is 4.77. The van der Waals surface area contributed by atoms with E-state index in [9.17, 15) is 9.59 Å². The number of methoxy groups -OCH3 is 1. The van der Waals surface area contributed by atoms with Crippen LogP contribution < -0.4 is 4.74 Å². The molecule has 106 valence electrons. The van der Waals surface area contributed by atoms with E-state index >= 15 is 0 Å². The molecular weight excluding hydrogens is 276 g/mol. The van der Waals surface area contributed by atoms with Crippen molar-refractivity contribution in [1.29, 1.82) is 0 Å². The van der Waals surface area contributed by atoms with Crippen LogP contribution in [0.4, 0.5) is 0 Å². The van der Waals surface area contributed by atoms with Crippen molar-refractivity contribution in [2.24, 2.45) is 0 Å². The largest absolute Gasteiger partial charge is 0.497 e. The summed E-state index contributed by atoms with van der Waals surface area (Å²) in [7, 11) is 1.60. The lowest BCUT2D eigenvalue weighted by Gasteiger charge is -2.10. The van der Waals surface area contributed by atoms with Gasteiger partial charge in [0.25, 0.3) is 0 Å². The quantitative estimate of drug-likeness (QED) is 0.758. The molecule has 0 aliphatic heterocycles. The van der Waals surface area contributed by atoms with Crippen LogP contribution in [-0.4, -0.2) is 18.7 Å². The zero-order chi connectivity index (χ0) is 15.5. The normalized spacial score (nSPS) is 12.4. The molecule has 22 heavy (non-hydrogen) atoms. The SMILES string of the molecule is COc1ccc(C#Cc2cccc3c2C(=O)C=CC3=O)cc1. The average molecular weight is 288 g/mol. The van der Waals surface area contributed by atoms with E-state index in [2.05, 4.69) is 11.8 Å². The zero-order valence-electron chi connectivity index (χ0n) is 11.9. The van der Waals surface area contributed by atoms with Gasteiger partial charge in [0.05, 0.1) is 7.11 Å². The molecule has 0 heterocycles. The minimum absolute atomic E-state index is 0.164. The highest BCUT2D eigenvalue weighted by molar-refractivity contribution is 6.22. The van der Waals surface area contributed by atoms with E-state index in [0.29, 0.717) is 16.7 Å². The standard InChI is InChI=1S/C19H12O3/c1-22-15-9-6-13(7-10-15)5-8-14-3-2-4-16-17(20)11-12-18(21)19(14)16/h2-4,6-7,9-12H,1H3. The molecule has 3 nitrogen and oxygen atoms in total. The van der Waals surface area contributed by atoms with Gasteiger partial charge in [0.15, 0.2) is 11.6 Å². The van der Waals surface area contributed by atoms with Crippen LogP contribution in [0.25, 0.3) is 0 Å². The van der Waals surface area contributed by atoms with Crippen LogP contribution in [0.5, 0.6) is 5.75 Å². The van der Waals surface area contributed by atoms with Gasteiger partial charge in [-0.1, -0.05) is 24.0 Å². The molecule has 2 aromatic rings. The fraction of sp³-hybridized carbons (Fsp3) is 0.0526. The molecule has 3 heteroatoms. The highest BCUT2D eigenvalue weighted by Gasteiger charge is 2.21. The van der Waals surface area contributed by atoms with E-state index in [4.69, 9.17) is 4.74 Å². The first-order chi connectivity index (χ1) is 10.7. The molecule has 0 unspecified atom stereocenters. The van der Waals surface area contributed by atoms with Crippen molar-refractivity contribution in [3.05, 3.63) is 76.9 Å². The number of hydrogen-bond acceptors (Lipinski definition) is 3. The topological polar surface area (TPSA) is 43.4 Å². The van der Waals surface area contributed by atoms with E-state index < -0.39 is 0 Å². The van der Waals surface area contributed by atoms with Crippen molar-refractivity contribution in [2.75, 3.05) is 7.11 Å². The number of allylic oxidation sites excluding steroid dienone is 2. The first-order valence-electron chi connectivity index (χ1n) is 6.75. The van der Waals surface area contributed by atoms with Gasteiger partial charge in [-0.3, -0.25) is 9.59 Å². The lowest BCUT2D eigenvalue weighted by Crippen LogP contribution is -2.13. The van der Waals surface area contributed by atoms with Crippen LogP contribution >= 0.6 is 0 Å². The Morgan fingerprint density at radius 3 is 2.32 bits per heavy atom. The first-order valence-corrected chi connectivity index (χ1v) is 6.75. The molecule has 0 amide bonds. The van der Waals surface area contributed by atoms with Crippen LogP contribution in [0.1, 0.15) is 31.8 Å². The van der Waals surface area contributed by atoms with Gasteiger partial charge in [-0.25, -0.2) is 0 Å². The van der Waals surface area contributed by atoms with Crippen molar-refractivity contribution in [2.45, 2.75) is 0 Å². The number of rotatable bonds is 1. The molecule has 0 saturated heterocycles. The summed E-state index contributed by atoms with van der Waals surface area (Å²) in [6.45, 7) is 0. The Balaban J connectivity index is 2.01. The summed E-state index contributed by atoms with van der Waals surface area (Å²) in [5, 5.41) is 0. The zero-order valence-corrected chi connectivity index (χ0v) is 11.9. The van der Waals surface area contributed by atoms with E-state index in [1.54, 1.807) is 25.3 Å². The number of hydrogen-bond donors (Lipinski definition) is 0. The molecule has 3 rings (SSSR count). The van der Waals surface area contributed by atoms with E-state index in [0.717, 1.165) is 11.3 Å². The number of benzene rings is 2. The minimum atomic E-state index is -0.186. The fourth-order valence-corrected chi connectivity index (χ4v) is 2.27. The number of ether oxygens (including phenoxy) is 1. The lowest BCUT2D eigenvalue weighted by molar-refractivity contribution is 0.0994. The molecule has 0 bridgehead atoms. The predicted molar refractivity (Wildman–Crippen MR) is 83.2 cm³/mol. The Hall–Kier alpha value is -3.12. The van der Waals surface area contributed by atoms with Gasteiger partial charge in [0.2, 0.25) is 0 Å². The molecule has 1 aliphatic carbocycles. The van der Waals surface area contributed by atoms with Crippen LogP contribution in [0.3, 0.4) is 0 Å². The summed E-state index contributed by atoms with van der Waals surface area (Å²) in [6.07, 6.45) is 2.59. The van der Waals surface area contributed by atoms with Crippen LogP contribution in [0.15, 0.2) is 54.6 Å². The molecule has 0 N–H and O–H groups in total. The molecule has 2 aromatic carbocycles. The molecular formula is C19H12O3. The summed E-state index contributed by atoms with van der Waals surface area (Å²) in [6, 6.07) is 12.5. The smallest absolute Gasteiger partial charge is 0.187 e. The molecule has 0 atom stereocenters. The van der Waals surface area contributed by atoms with Gasteiger partial charge in [-0.05, 0) is 42.5 Å². The van der Waals surface area contributed by atoms with Crippen molar-refractivity contribution in [3.63, 3.8) is 0 Å². The highest BCUT2D eigenvalue weighted by Crippen LogP contribution is 2.20. The summed E-state index contributed by atoms with van der Waals surface area (Å²) < 4.78 is 5.09. The molecule has 1 aliphatic rings. The first kappa shape index (κ1) is 13.8. The van der Waals surface area contributed by atoms with Crippen LogP contribution in [0, 0.1) is 11.8 Å². The summed E-state index contributed by atoms with van der Waals surface area (Å²) in [5.74, 6) is 6.39. The van der Waals surface area contributed by atoms with Gasteiger partial charge in [0.1, 0.15) is 5.75 Å². The van der Waals surface area contributed by atoms with E-state index in [1.807, 2.05) is 24.3 Å². The monoisotopic (exact) mass is 288 g/mol. The Morgan fingerprint density at radius 2 is 1.59 bits per heavy atom. The van der Waals surface area contributed by atoms with E-state index in [1.165, 1.54) is 12.2 Å². The average Bonchev–Trinajstić information content (AvgIpc) is 2.56. The van der Waals surface area contributed by atoms with Crippen molar-refractivity contribution >= 4 is 11.6 Å². The Kier molecular flexibility index (Phi) is 3.59. The van der Waals surface area contributed by atoms with Crippen molar-refractivity contribution < 1.29 is 14.3 Å². The van der Waals surface area contributed by atoms with Crippen LogP contribution in [-0.2, 0) is 0 Å². The third-order valence-corrected chi connectivity index (χ3v) is 3.39. The van der Waals surface area contributed by atoms with Gasteiger partial charge in [-0.2, -0.15) is 0 Å². The summed E-state index contributed by atoms with van der Waals surface area (Å²) in [4.78, 5) is 23.9. The Labute approximate surface area is 128 Å². The van der Waals surface area contributed by atoms with Gasteiger partial charge < -0.3 is 4.74 Å². The maximum Gasteiger partial charge on any atom is 0.187 e. The minimum Gasteiger partial charge on any atom is -0.497 e. The van der Waals surface area contributed by atoms with Gasteiger partial charge in [-0.15, -0.1) is 0 Å². The van der Waals surface area contributed by atoms with Crippen LogP contribution in [0.2, 0.25) is 0 Å². The van der Waals surface area contributed by atoms with Crippen molar-refractivity contribution in [3.8, 4) is 17.6 Å². The molecule has 0 aromatic heterocycles. The van der Waals surface area contributed by atoms with Gasteiger partial charge in [0, 0.05) is 22.3 Å². The predicted octanol–water partition coefficient (Wildman–Crippen LogP) is 3.03. The highest BCUT2D eigenvalue weighted by atomic mass is 16.5. The van der Waals surface area contributed by atoms with Crippen molar-refractivity contribution in [1.82, 2.24) is 0 Å². The fourth-order valence-electron chi connectivity index (χ4n) is 2.27. The number of ketones is 2. The lowest BCUT2D eigenvalue weighted by atomic mass is 9.91. The third-order valence-electron chi connectivity index (χ3n) is 3.39.